The molecule has 162 valence electrons. The van der Waals surface area contributed by atoms with Gasteiger partial charge in [-0.15, -0.1) is 0 Å². The zero-order valence-electron chi connectivity index (χ0n) is 17.4. The highest BCUT2D eigenvalue weighted by Gasteiger charge is 2.36. The van der Waals surface area contributed by atoms with Gasteiger partial charge >= 0.3 is 0 Å². The highest BCUT2D eigenvalue weighted by molar-refractivity contribution is 9.10. The number of hydrazone groups is 1. The number of likely N-dealkylation sites (tertiary alicyclic amines) is 1. The minimum Gasteiger partial charge on any atom is -0.377 e. The molecule has 1 fully saturated rings. The van der Waals surface area contributed by atoms with Gasteiger partial charge in [-0.05, 0) is 70.7 Å². The Bertz CT molecular complexity index is 1040. The molecule has 8 nitrogen and oxygen atoms in total. The largest absolute Gasteiger partial charge is 0.377 e. The molecular formula is C21H23BrN6O2S. The third-order valence-electron chi connectivity index (χ3n) is 5.27. The molecule has 4 rings (SSSR count). The van der Waals surface area contributed by atoms with Crippen molar-refractivity contribution in [1.82, 2.24) is 9.91 Å². The number of amides is 2. The molecule has 0 radical (unpaired) electrons. The number of rotatable bonds is 4. The van der Waals surface area contributed by atoms with E-state index in [0.717, 1.165) is 48.1 Å². The van der Waals surface area contributed by atoms with Crippen LogP contribution >= 0.6 is 27.7 Å². The molecule has 0 atom stereocenters. The molecule has 2 amide bonds. The normalized spacial score (nSPS) is 20.0. The number of hydrogen-bond acceptors (Lipinski definition) is 6. The summed E-state index contributed by atoms with van der Waals surface area (Å²) in [5.41, 5.74) is 1.96. The Morgan fingerprint density at radius 3 is 2.71 bits per heavy atom. The lowest BCUT2D eigenvalue weighted by Crippen LogP contribution is -2.36. The van der Waals surface area contributed by atoms with Crippen LogP contribution in [0.5, 0.6) is 0 Å². The molecule has 31 heavy (non-hydrogen) atoms. The number of halogens is 1. The second-order valence-electron chi connectivity index (χ2n) is 7.74. The van der Waals surface area contributed by atoms with Gasteiger partial charge in [0.1, 0.15) is 5.04 Å². The molecular weight excluding hydrogens is 480 g/mol. The first-order chi connectivity index (χ1) is 14.8. The van der Waals surface area contributed by atoms with Crippen molar-refractivity contribution in [3.63, 3.8) is 0 Å². The second-order valence-corrected chi connectivity index (χ2v) is 9.63. The molecule has 0 aliphatic carbocycles. The maximum atomic E-state index is 12.6. The number of piperidine rings is 1. The predicted molar refractivity (Wildman–Crippen MR) is 129 cm³/mol. The Hall–Kier alpha value is -2.46. The summed E-state index contributed by atoms with van der Waals surface area (Å²) in [6.45, 7) is 1.57. The van der Waals surface area contributed by atoms with Gasteiger partial charge in [-0.25, -0.2) is 0 Å². The summed E-state index contributed by atoms with van der Waals surface area (Å²) in [7, 11) is 3.90. The molecule has 1 N–H and O–H groups in total. The Balaban J connectivity index is 1.53. The van der Waals surface area contributed by atoms with Crippen LogP contribution < -0.4 is 4.90 Å². The maximum Gasteiger partial charge on any atom is 0.283 e. The molecule has 0 spiro atoms. The van der Waals surface area contributed by atoms with Gasteiger partial charge in [-0.1, -0.05) is 6.07 Å². The second kappa shape index (κ2) is 8.96. The predicted octanol–water partition coefficient (Wildman–Crippen LogP) is 3.54. The van der Waals surface area contributed by atoms with Crippen molar-refractivity contribution in [2.75, 3.05) is 32.1 Å². The number of hydrogen-bond donors (Lipinski definition) is 1. The fourth-order valence-corrected chi connectivity index (χ4v) is 5.26. The third kappa shape index (κ3) is 4.59. The number of anilines is 1. The van der Waals surface area contributed by atoms with Gasteiger partial charge < -0.3 is 9.80 Å². The average molecular weight is 503 g/mol. The van der Waals surface area contributed by atoms with Gasteiger partial charge in [-0.2, -0.15) is 15.1 Å². The summed E-state index contributed by atoms with van der Waals surface area (Å²) in [6.07, 6.45) is 5.03. The van der Waals surface area contributed by atoms with E-state index < -0.39 is 5.91 Å². The molecule has 3 heterocycles. The lowest BCUT2D eigenvalue weighted by Gasteiger charge is -2.26. The molecule has 1 aromatic carbocycles. The monoisotopic (exact) mass is 502 g/mol. The van der Waals surface area contributed by atoms with Crippen LogP contribution in [0.2, 0.25) is 0 Å². The Labute approximate surface area is 193 Å². The standard InChI is InChI=1S/C21H23BrN6O2S/c1-26(2)16-7-6-13(11-15(16)22)10-14-19(23)28-21(24-20(14)30)31-17(25-28)12-18(29)27-8-4-3-5-9-27/h6-7,10-11,23H,3-5,8-9,12H2,1-2H3. The summed E-state index contributed by atoms with van der Waals surface area (Å²) < 4.78 is 0.888. The van der Waals surface area contributed by atoms with Crippen LogP contribution in [0.1, 0.15) is 31.2 Å². The SMILES string of the molecule is CN(C)c1ccc(C=C2C(=N)N3N=C(CC(=O)N4CCCCC4)SC3=NC2=O)cc1Br. The fourth-order valence-electron chi connectivity index (χ4n) is 3.63. The van der Waals surface area contributed by atoms with Gasteiger partial charge in [-0.3, -0.25) is 15.0 Å². The number of thioether (sulfide) groups is 1. The van der Waals surface area contributed by atoms with Crippen LogP contribution in [0, 0.1) is 5.41 Å². The number of amidine groups is 2. The molecule has 0 unspecified atom stereocenters. The van der Waals surface area contributed by atoms with Crippen molar-refractivity contribution in [3.8, 4) is 0 Å². The van der Waals surface area contributed by atoms with Crippen LogP contribution in [-0.2, 0) is 9.59 Å². The average Bonchev–Trinajstić information content (AvgIpc) is 3.14. The number of carbonyl (C=O) groups excluding carboxylic acids is 2. The Morgan fingerprint density at radius 2 is 2.03 bits per heavy atom. The number of nitrogens with zero attached hydrogens (tertiary/aromatic N) is 5. The van der Waals surface area contributed by atoms with Crippen molar-refractivity contribution in [1.29, 1.82) is 5.41 Å². The van der Waals surface area contributed by atoms with Crippen molar-refractivity contribution in [2.45, 2.75) is 25.7 Å². The molecule has 0 aromatic heterocycles. The van der Waals surface area contributed by atoms with Crippen LogP contribution in [0.3, 0.4) is 0 Å². The molecule has 0 saturated carbocycles. The highest BCUT2D eigenvalue weighted by atomic mass is 79.9. The first-order valence-corrected chi connectivity index (χ1v) is 11.7. The summed E-state index contributed by atoms with van der Waals surface area (Å²) >= 11 is 4.73. The highest BCUT2D eigenvalue weighted by Crippen LogP contribution is 2.31. The summed E-state index contributed by atoms with van der Waals surface area (Å²) in [4.78, 5) is 33.1. The number of aliphatic imine (C=N–C) groups is 1. The van der Waals surface area contributed by atoms with Crippen LogP contribution in [0.4, 0.5) is 5.69 Å². The summed E-state index contributed by atoms with van der Waals surface area (Å²) in [5, 5.41) is 15.2. The van der Waals surface area contributed by atoms with E-state index in [-0.39, 0.29) is 23.7 Å². The summed E-state index contributed by atoms with van der Waals surface area (Å²) in [5.74, 6) is -0.475. The van der Waals surface area contributed by atoms with Crippen molar-refractivity contribution in [3.05, 3.63) is 33.8 Å². The van der Waals surface area contributed by atoms with E-state index in [1.807, 2.05) is 42.1 Å². The summed E-state index contributed by atoms with van der Waals surface area (Å²) in [6, 6.07) is 5.72. The zero-order valence-corrected chi connectivity index (χ0v) is 19.8. The Kier molecular flexibility index (Phi) is 6.29. The molecule has 1 saturated heterocycles. The van der Waals surface area contributed by atoms with Gasteiger partial charge in [0.05, 0.1) is 17.7 Å². The fraction of sp³-hybridized carbons (Fsp3) is 0.381. The lowest BCUT2D eigenvalue weighted by molar-refractivity contribution is -0.130. The van der Waals surface area contributed by atoms with Crippen LogP contribution in [0.15, 0.2) is 38.3 Å². The Morgan fingerprint density at radius 1 is 1.29 bits per heavy atom. The third-order valence-corrected chi connectivity index (χ3v) is 6.82. The van der Waals surface area contributed by atoms with E-state index in [9.17, 15) is 9.59 Å². The molecule has 3 aliphatic heterocycles. The number of fused-ring (bicyclic) bond motifs is 1. The van der Waals surface area contributed by atoms with E-state index in [0.29, 0.717) is 10.2 Å². The van der Waals surface area contributed by atoms with Gasteiger partial charge in [0.2, 0.25) is 11.1 Å². The minimum atomic E-state index is -0.477. The first-order valence-electron chi connectivity index (χ1n) is 10.1. The molecule has 10 heteroatoms. The van der Waals surface area contributed by atoms with E-state index in [2.05, 4.69) is 26.0 Å². The van der Waals surface area contributed by atoms with Gasteiger partial charge in [0.15, 0.2) is 5.84 Å². The van der Waals surface area contributed by atoms with E-state index in [1.54, 1.807) is 6.08 Å². The maximum absolute atomic E-state index is 12.6. The molecule has 1 aromatic rings. The topological polar surface area (TPSA) is 92.4 Å². The van der Waals surface area contributed by atoms with E-state index in [1.165, 1.54) is 16.8 Å². The number of carbonyl (C=O) groups is 2. The van der Waals surface area contributed by atoms with Crippen LogP contribution in [-0.4, -0.2) is 65.0 Å². The zero-order chi connectivity index (χ0) is 22.1. The van der Waals surface area contributed by atoms with E-state index in [4.69, 9.17) is 5.41 Å². The lowest BCUT2D eigenvalue weighted by atomic mass is 10.1. The smallest absolute Gasteiger partial charge is 0.283 e. The van der Waals surface area contributed by atoms with Crippen molar-refractivity contribution >= 4 is 67.3 Å². The quantitative estimate of drug-likeness (QED) is 0.635. The molecule has 0 bridgehead atoms. The van der Waals surface area contributed by atoms with E-state index >= 15 is 0 Å². The van der Waals surface area contributed by atoms with Crippen LogP contribution in [0.25, 0.3) is 6.08 Å². The molecule has 3 aliphatic rings. The number of benzene rings is 1. The van der Waals surface area contributed by atoms with Gasteiger partial charge in [0.25, 0.3) is 5.91 Å². The van der Waals surface area contributed by atoms with Crippen molar-refractivity contribution < 1.29 is 9.59 Å². The minimum absolute atomic E-state index is 0.0317. The first kappa shape index (κ1) is 21.8. The number of nitrogens with one attached hydrogen (secondary N) is 1. The van der Waals surface area contributed by atoms with Crippen molar-refractivity contribution in [2.24, 2.45) is 10.1 Å². The van der Waals surface area contributed by atoms with Gasteiger partial charge in [0, 0.05) is 31.7 Å².